The van der Waals surface area contributed by atoms with E-state index in [1.807, 2.05) is 6.92 Å². The predicted octanol–water partition coefficient (Wildman–Crippen LogP) is 2.27. The van der Waals surface area contributed by atoms with Gasteiger partial charge in [0.2, 0.25) is 0 Å². The number of aliphatic hydroxyl groups is 1. The third-order valence-electron chi connectivity index (χ3n) is 2.07. The van der Waals surface area contributed by atoms with Crippen molar-refractivity contribution < 1.29 is 9.90 Å². The van der Waals surface area contributed by atoms with E-state index in [0.29, 0.717) is 12.0 Å². The van der Waals surface area contributed by atoms with Gasteiger partial charge in [-0.05, 0) is 53.9 Å². The Bertz CT molecular complexity index is 407. The molecule has 5 heteroatoms. The molecule has 4 nitrogen and oxygen atoms in total. The van der Waals surface area contributed by atoms with Crippen molar-refractivity contribution in [3.05, 3.63) is 27.3 Å². The molecule has 1 rings (SSSR count). The highest BCUT2D eigenvalue weighted by Gasteiger charge is 2.08. The second-order valence-electron chi connectivity index (χ2n) is 3.23. The molecule has 0 aliphatic carbocycles. The summed E-state index contributed by atoms with van der Waals surface area (Å²) in [4.78, 5) is 14.7. The lowest BCUT2D eigenvalue weighted by molar-refractivity contribution is 0.100. The maximum Gasteiger partial charge on any atom is 0.276 e. The Balaban J connectivity index is 2.99. The summed E-state index contributed by atoms with van der Waals surface area (Å²) in [6.07, 6.45) is -0.0240. The molecule has 1 aromatic rings. The highest BCUT2D eigenvalue weighted by atomic mass is 127. The lowest BCUT2D eigenvalue weighted by atomic mass is 10.2. The number of carbonyl (C=O) groups is 1. The van der Waals surface area contributed by atoms with Crippen molar-refractivity contribution in [3.8, 4) is 0 Å². The summed E-state index contributed by atoms with van der Waals surface area (Å²) in [5, 5.41) is 12.4. The fourth-order valence-electron chi connectivity index (χ4n) is 1.14. The highest BCUT2D eigenvalue weighted by Crippen LogP contribution is 2.21. The molecular weight excluding hydrogens is 319 g/mol. The summed E-state index contributed by atoms with van der Waals surface area (Å²) in [6, 6.07) is 5.14. The number of aliphatic imine (C=N–C) groups is 1. The maximum atomic E-state index is 11.3. The van der Waals surface area contributed by atoms with Crippen LogP contribution in [0.5, 0.6) is 0 Å². The van der Waals surface area contributed by atoms with E-state index in [1.165, 1.54) is 0 Å². The first-order valence-electron chi connectivity index (χ1n) is 4.83. The van der Waals surface area contributed by atoms with E-state index in [1.54, 1.807) is 18.2 Å². The minimum Gasteiger partial charge on any atom is -0.374 e. The molecule has 1 unspecified atom stereocenters. The van der Waals surface area contributed by atoms with Gasteiger partial charge in [-0.1, -0.05) is 6.92 Å². The molecule has 0 saturated carbocycles. The number of hydrogen-bond acceptors (Lipinski definition) is 3. The first kappa shape index (κ1) is 13.1. The lowest BCUT2D eigenvalue weighted by Gasteiger charge is -2.14. The number of nitrogens with zero attached hydrogens (tertiary/aromatic N) is 1. The van der Waals surface area contributed by atoms with E-state index >= 15 is 0 Å². The van der Waals surface area contributed by atoms with Crippen LogP contribution >= 0.6 is 22.6 Å². The van der Waals surface area contributed by atoms with Crippen molar-refractivity contribution in [2.75, 3.05) is 5.32 Å². The van der Waals surface area contributed by atoms with E-state index in [-0.39, 0.29) is 5.91 Å². The van der Waals surface area contributed by atoms with Gasteiger partial charge in [-0.3, -0.25) is 4.79 Å². The molecule has 0 bridgehead atoms. The first-order valence-corrected chi connectivity index (χ1v) is 5.91. The van der Waals surface area contributed by atoms with Crippen LogP contribution in [0, 0.1) is 3.57 Å². The third kappa shape index (κ3) is 3.28. The van der Waals surface area contributed by atoms with Gasteiger partial charge < -0.3 is 10.4 Å². The first-order chi connectivity index (χ1) is 7.58. The monoisotopic (exact) mass is 332 g/mol. The van der Waals surface area contributed by atoms with Crippen LogP contribution in [0.25, 0.3) is 0 Å². The quantitative estimate of drug-likeness (QED) is 0.505. The van der Waals surface area contributed by atoms with Gasteiger partial charge in [0.25, 0.3) is 5.91 Å². The number of rotatable bonds is 4. The van der Waals surface area contributed by atoms with Crippen LogP contribution in [0.15, 0.2) is 23.2 Å². The average molecular weight is 332 g/mol. The molecule has 0 fully saturated rings. The third-order valence-corrected chi connectivity index (χ3v) is 3.01. The molecule has 1 amide bonds. The van der Waals surface area contributed by atoms with Crippen molar-refractivity contribution >= 4 is 40.9 Å². The molecule has 0 aliphatic rings. The van der Waals surface area contributed by atoms with Crippen LogP contribution in [0.2, 0.25) is 0 Å². The minimum atomic E-state index is -0.615. The van der Waals surface area contributed by atoms with E-state index in [2.05, 4.69) is 39.6 Å². The van der Waals surface area contributed by atoms with Crippen LogP contribution in [0.1, 0.15) is 23.7 Å². The smallest absolute Gasteiger partial charge is 0.276 e. The van der Waals surface area contributed by atoms with Gasteiger partial charge in [0.15, 0.2) is 0 Å². The Morgan fingerprint density at radius 2 is 2.38 bits per heavy atom. The van der Waals surface area contributed by atoms with Crippen molar-refractivity contribution in [2.24, 2.45) is 4.99 Å². The van der Waals surface area contributed by atoms with Crippen LogP contribution in [-0.4, -0.2) is 24.0 Å². The molecule has 0 radical (unpaired) electrons. The summed E-state index contributed by atoms with van der Waals surface area (Å²) in [7, 11) is 0. The Labute approximate surface area is 108 Å². The molecule has 0 heterocycles. The van der Waals surface area contributed by atoms with Gasteiger partial charge in [0, 0.05) is 9.13 Å². The van der Waals surface area contributed by atoms with Gasteiger partial charge in [-0.15, -0.1) is 0 Å². The fourth-order valence-corrected chi connectivity index (χ4v) is 1.63. The number of aliphatic hydroxyl groups excluding tert-OH is 1. The van der Waals surface area contributed by atoms with E-state index in [4.69, 9.17) is 0 Å². The zero-order chi connectivity index (χ0) is 12.1. The van der Waals surface area contributed by atoms with Crippen LogP contribution in [-0.2, 0) is 0 Å². The average Bonchev–Trinajstić information content (AvgIpc) is 2.30. The number of hydrogen-bond donors (Lipinski definition) is 2. The number of halogens is 1. The summed E-state index contributed by atoms with van der Waals surface area (Å²) >= 11 is 2.13. The van der Waals surface area contributed by atoms with Crippen molar-refractivity contribution in [1.29, 1.82) is 0 Å². The Morgan fingerprint density at radius 1 is 1.69 bits per heavy atom. The molecule has 0 spiro atoms. The number of benzene rings is 1. The normalized spacial score (nSPS) is 11.9. The van der Waals surface area contributed by atoms with E-state index in [9.17, 15) is 9.90 Å². The summed E-state index contributed by atoms with van der Waals surface area (Å²) < 4.78 is 0.936. The second-order valence-corrected chi connectivity index (χ2v) is 4.39. The zero-order valence-electron chi connectivity index (χ0n) is 8.90. The number of nitrogens with one attached hydrogen (secondary N) is 1. The van der Waals surface area contributed by atoms with E-state index < -0.39 is 6.23 Å². The standard InChI is InChI=1S/C11H13IN2O2/c1-3-10(15)14-9-6-7(11(16)13-2)4-5-8(9)12/h4-6,10,14-15H,2-3H2,1H3. The van der Waals surface area contributed by atoms with Crippen LogP contribution in [0.4, 0.5) is 5.69 Å². The molecule has 2 N–H and O–H groups in total. The lowest BCUT2D eigenvalue weighted by Crippen LogP contribution is -2.18. The minimum absolute atomic E-state index is 0.370. The summed E-state index contributed by atoms with van der Waals surface area (Å²) in [6.45, 7) is 5.06. The van der Waals surface area contributed by atoms with E-state index in [0.717, 1.165) is 9.26 Å². The van der Waals surface area contributed by atoms with Gasteiger partial charge in [0.05, 0.1) is 5.69 Å². The SMILES string of the molecule is C=NC(=O)c1ccc(I)c(NC(O)CC)c1. The fraction of sp³-hybridized carbons (Fsp3) is 0.273. The summed E-state index contributed by atoms with van der Waals surface area (Å²) in [5.74, 6) is -0.370. The maximum absolute atomic E-state index is 11.3. The zero-order valence-corrected chi connectivity index (χ0v) is 11.1. The molecule has 0 aliphatic heterocycles. The van der Waals surface area contributed by atoms with Crippen molar-refractivity contribution in [2.45, 2.75) is 19.6 Å². The predicted molar refractivity (Wildman–Crippen MR) is 73.0 cm³/mol. The van der Waals surface area contributed by atoms with Gasteiger partial charge in [-0.2, -0.15) is 0 Å². The van der Waals surface area contributed by atoms with Crippen LogP contribution in [0.3, 0.4) is 0 Å². The second kappa shape index (κ2) is 5.95. The number of carbonyl (C=O) groups excluding carboxylic acids is 1. The molecule has 86 valence electrons. The largest absolute Gasteiger partial charge is 0.374 e. The Hall–Kier alpha value is -0.950. The number of anilines is 1. The van der Waals surface area contributed by atoms with Crippen LogP contribution < -0.4 is 5.32 Å². The highest BCUT2D eigenvalue weighted by molar-refractivity contribution is 14.1. The summed E-state index contributed by atoms with van der Waals surface area (Å²) in [5.41, 5.74) is 1.19. The molecule has 0 saturated heterocycles. The topological polar surface area (TPSA) is 61.7 Å². The Kier molecular flexibility index (Phi) is 4.88. The molecular formula is C11H13IN2O2. The molecule has 0 aromatic heterocycles. The Morgan fingerprint density at radius 3 is 2.94 bits per heavy atom. The molecule has 1 atom stereocenters. The van der Waals surface area contributed by atoms with Gasteiger partial charge >= 0.3 is 0 Å². The van der Waals surface area contributed by atoms with Crippen molar-refractivity contribution in [3.63, 3.8) is 0 Å². The molecule has 1 aromatic carbocycles. The number of amides is 1. The van der Waals surface area contributed by atoms with Crippen molar-refractivity contribution in [1.82, 2.24) is 0 Å². The van der Waals surface area contributed by atoms with Gasteiger partial charge in [-0.25, -0.2) is 4.99 Å². The van der Waals surface area contributed by atoms with Gasteiger partial charge in [0.1, 0.15) is 6.23 Å². The molecule has 16 heavy (non-hydrogen) atoms.